The second kappa shape index (κ2) is 9.49. The van der Waals surface area contributed by atoms with Crippen molar-refractivity contribution in [2.24, 2.45) is 0 Å². The van der Waals surface area contributed by atoms with Crippen molar-refractivity contribution in [3.63, 3.8) is 0 Å². The van der Waals surface area contributed by atoms with E-state index in [1.807, 2.05) is 29.8 Å². The molecule has 6 rings (SSSR count). The van der Waals surface area contributed by atoms with Gasteiger partial charge in [-0.1, -0.05) is 6.07 Å². The fourth-order valence-electron chi connectivity index (χ4n) is 4.81. The Morgan fingerprint density at radius 2 is 1.89 bits per heavy atom. The molecule has 38 heavy (non-hydrogen) atoms. The van der Waals surface area contributed by atoms with Gasteiger partial charge in [-0.15, -0.1) is 0 Å². The zero-order valence-corrected chi connectivity index (χ0v) is 20.8. The maximum absolute atomic E-state index is 14.0. The molecule has 0 radical (unpaired) electrons. The smallest absolute Gasteiger partial charge is 0.387 e. The number of hydrogen-bond donors (Lipinski definition) is 0. The molecular formula is C27H24F2N6O3. The first-order valence-electron chi connectivity index (χ1n) is 12.2. The number of hydrogen-bond acceptors (Lipinski definition) is 7. The number of nitrogens with zero attached hydrogens (tertiary/aromatic N) is 6. The van der Waals surface area contributed by atoms with E-state index in [-0.39, 0.29) is 17.3 Å². The lowest BCUT2D eigenvalue weighted by Crippen LogP contribution is -2.30. The molecule has 0 N–H and O–H groups in total. The van der Waals surface area contributed by atoms with Crippen LogP contribution in [0.5, 0.6) is 11.8 Å². The molecule has 0 aliphatic carbocycles. The molecule has 2 aromatic carbocycles. The van der Waals surface area contributed by atoms with Gasteiger partial charge in [-0.3, -0.25) is 18.9 Å². The van der Waals surface area contributed by atoms with Gasteiger partial charge in [0, 0.05) is 35.6 Å². The van der Waals surface area contributed by atoms with Crippen LogP contribution in [0.25, 0.3) is 38.8 Å². The van der Waals surface area contributed by atoms with E-state index in [1.54, 1.807) is 12.3 Å². The van der Waals surface area contributed by atoms with Gasteiger partial charge in [-0.25, -0.2) is 4.98 Å². The maximum atomic E-state index is 14.0. The Bertz CT molecular complexity index is 1710. The summed E-state index contributed by atoms with van der Waals surface area (Å²) in [4.78, 5) is 25.0. The van der Waals surface area contributed by atoms with E-state index >= 15 is 0 Å². The summed E-state index contributed by atoms with van der Waals surface area (Å²) < 4.78 is 38.8. The van der Waals surface area contributed by atoms with Crippen LogP contribution in [0.15, 0.2) is 59.5 Å². The molecule has 3 aromatic heterocycles. The number of ether oxygens (including phenoxy) is 2. The summed E-state index contributed by atoms with van der Waals surface area (Å²) in [6.07, 6.45) is 1.61. The summed E-state index contributed by atoms with van der Waals surface area (Å²) in [5.41, 5.74) is 3.62. The lowest BCUT2D eigenvalue weighted by atomic mass is 10.0. The zero-order valence-electron chi connectivity index (χ0n) is 20.8. The fraction of sp³-hybridized carbons (Fsp3) is 0.259. The zero-order chi connectivity index (χ0) is 26.4. The first-order valence-corrected chi connectivity index (χ1v) is 12.2. The SMILES string of the molecule is CCOc1ncc2cc(-c3ccc4nn5c(c4c3)CN(C)CC5)c(=O)n(-c3ccc(OC(F)F)cc3)c2n1. The molecule has 9 nitrogen and oxygen atoms in total. The number of fused-ring (bicyclic) bond motifs is 4. The van der Waals surface area contributed by atoms with Crippen LogP contribution in [0.4, 0.5) is 8.78 Å². The number of likely N-dealkylation sites (N-methyl/N-ethyl adjacent to an activating group) is 1. The molecule has 4 heterocycles. The van der Waals surface area contributed by atoms with Crippen LogP contribution < -0.4 is 15.0 Å². The Morgan fingerprint density at radius 1 is 1.08 bits per heavy atom. The number of alkyl halides is 2. The fourth-order valence-corrected chi connectivity index (χ4v) is 4.81. The molecule has 0 saturated carbocycles. The van der Waals surface area contributed by atoms with E-state index in [4.69, 9.17) is 9.84 Å². The Labute approximate surface area is 215 Å². The van der Waals surface area contributed by atoms with Gasteiger partial charge in [0.1, 0.15) is 5.75 Å². The highest BCUT2D eigenvalue weighted by Crippen LogP contribution is 2.29. The van der Waals surface area contributed by atoms with E-state index < -0.39 is 6.61 Å². The molecule has 0 amide bonds. The number of aromatic nitrogens is 5. The van der Waals surface area contributed by atoms with Crippen LogP contribution in [0, 0.1) is 0 Å². The average molecular weight is 519 g/mol. The minimum Gasteiger partial charge on any atom is -0.464 e. The molecule has 5 aromatic rings. The lowest BCUT2D eigenvalue weighted by molar-refractivity contribution is -0.0498. The van der Waals surface area contributed by atoms with Crippen molar-refractivity contribution >= 4 is 21.9 Å². The second-order valence-electron chi connectivity index (χ2n) is 9.08. The molecule has 0 bridgehead atoms. The number of rotatable bonds is 6. The molecule has 11 heteroatoms. The van der Waals surface area contributed by atoms with Crippen molar-refractivity contribution in [2.75, 3.05) is 20.2 Å². The Hall–Kier alpha value is -4.38. The van der Waals surface area contributed by atoms with Gasteiger partial charge < -0.3 is 9.47 Å². The van der Waals surface area contributed by atoms with Crippen molar-refractivity contribution in [1.82, 2.24) is 29.2 Å². The minimum absolute atomic E-state index is 0.0108. The van der Waals surface area contributed by atoms with Crippen molar-refractivity contribution < 1.29 is 18.3 Å². The maximum Gasteiger partial charge on any atom is 0.387 e. The summed E-state index contributed by atoms with van der Waals surface area (Å²) >= 11 is 0. The molecule has 0 unspecified atom stereocenters. The monoisotopic (exact) mass is 518 g/mol. The highest BCUT2D eigenvalue weighted by Gasteiger charge is 2.20. The van der Waals surface area contributed by atoms with Crippen molar-refractivity contribution in [2.45, 2.75) is 26.6 Å². The molecular weight excluding hydrogens is 494 g/mol. The highest BCUT2D eigenvalue weighted by atomic mass is 19.3. The molecule has 1 aliphatic heterocycles. The van der Waals surface area contributed by atoms with E-state index in [1.165, 1.54) is 28.8 Å². The third kappa shape index (κ3) is 4.24. The Balaban J connectivity index is 1.55. The van der Waals surface area contributed by atoms with Crippen LogP contribution in [-0.4, -0.2) is 56.0 Å². The van der Waals surface area contributed by atoms with Gasteiger partial charge in [0.15, 0.2) is 5.65 Å². The highest BCUT2D eigenvalue weighted by molar-refractivity contribution is 5.89. The predicted octanol–water partition coefficient (Wildman–Crippen LogP) is 4.24. The Morgan fingerprint density at radius 3 is 2.66 bits per heavy atom. The van der Waals surface area contributed by atoms with Crippen molar-refractivity contribution in [3.05, 3.63) is 70.8 Å². The summed E-state index contributed by atoms with van der Waals surface area (Å²) in [7, 11) is 2.07. The summed E-state index contributed by atoms with van der Waals surface area (Å²) in [6, 6.07) is 13.6. The molecule has 0 saturated heterocycles. The van der Waals surface area contributed by atoms with Crippen LogP contribution in [0.1, 0.15) is 12.6 Å². The summed E-state index contributed by atoms with van der Waals surface area (Å²) in [5.74, 6) is -0.0108. The van der Waals surface area contributed by atoms with Crippen LogP contribution in [-0.2, 0) is 13.1 Å². The standard InChI is InChI=1S/C27H24F2N6O3/c1-3-37-27-30-14-17-13-20(16-4-9-22-21(12-16)23-15-33(2)10-11-34(23)32-22)25(36)35(24(17)31-27)18-5-7-19(8-6-18)38-26(28)29/h4-9,12-14,26H,3,10-11,15H2,1-2H3. The topological polar surface area (TPSA) is 87.3 Å². The molecule has 1 aliphatic rings. The minimum atomic E-state index is -2.95. The van der Waals surface area contributed by atoms with Crippen LogP contribution >= 0.6 is 0 Å². The van der Waals surface area contributed by atoms with Gasteiger partial charge in [0.05, 0.1) is 30.0 Å². The summed E-state index contributed by atoms with van der Waals surface area (Å²) in [6.45, 7) is 1.73. The van der Waals surface area contributed by atoms with Crippen LogP contribution in [0.3, 0.4) is 0 Å². The van der Waals surface area contributed by atoms with Gasteiger partial charge in [-0.05, 0) is 62.0 Å². The van der Waals surface area contributed by atoms with E-state index in [0.717, 1.165) is 41.8 Å². The normalized spacial score (nSPS) is 13.8. The molecule has 0 spiro atoms. The van der Waals surface area contributed by atoms with Crippen molar-refractivity contribution in [3.8, 4) is 28.6 Å². The average Bonchev–Trinajstić information content (AvgIpc) is 3.26. The van der Waals surface area contributed by atoms with Gasteiger partial charge in [-0.2, -0.15) is 18.9 Å². The molecule has 194 valence electrons. The molecule has 0 fully saturated rings. The Kier molecular flexibility index (Phi) is 5.99. The third-order valence-electron chi connectivity index (χ3n) is 6.58. The lowest BCUT2D eigenvalue weighted by Gasteiger charge is -2.23. The van der Waals surface area contributed by atoms with Gasteiger partial charge >= 0.3 is 12.6 Å². The van der Waals surface area contributed by atoms with Gasteiger partial charge in [0.25, 0.3) is 5.56 Å². The first-order chi connectivity index (χ1) is 18.4. The second-order valence-corrected chi connectivity index (χ2v) is 9.08. The predicted molar refractivity (Wildman–Crippen MR) is 138 cm³/mol. The number of benzene rings is 2. The van der Waals surface area contributed by atoms with E-state index in [0.29, 0.717) is 28.9 Å². The van der Waals surface area contributed by atoms with E-state index in [2.05, 4.69) is 26.7 Å². The van der Waals surface area contributed by atoms with Crippen molar-refractivity contribution in [1.29, 1.82) is 0 Å². The third-order valence-corrected chi connectivity index (χ3v) is 6.58. The number of halogens is 2. The first kappa shape index (κ1) is 24.0. The number of pyridine rings is 1. The molecule has 0 atom stereocenters. The largest absolute Gasteiger partial charge is 0.464 e. The van der Waals surface area contributed by atoms with Crippen LogP contribution in [0.2, 0.25) is 0 Å². The summed E-state index contributed by atoms with van der Waals surface area (Å²) in [5, 5.41) is 6.34. The quantitative estimate of drug-likeness (QED) is 0.332. The van der Waals surface area contributed by atoms with Gasteiger partial charge in [0.2, 0.25) is 0 Å². The van der Waals surface area contributed by atoms with E-state index in [9.17, 15) is 13.6 Å².